The average Bonchev–Trinajstić information content (AvgIpc) is 3.07. The maximum Gasteiger partial charge on any atom is 0.227 e. The minimum atomic E-state index is -0.666. The number of hydrogen-bond acceptors (Lipinski definition) is 4. The van der Waals surface area contributed by atoms with E-state index in [0.29, 0.717) is 16.7 Å². The molecular weight excluding hydrogens is 368 g/mol. The summed E-state index contributed by atoms with van der Waals surface area (Å²) < 4.78 is 18.9. The average molecular weight is 380 g/mol. The van der Waals surface area contributed by atoms with Crippen LogP contribution in [-0.4, -0.2) is 16.0 Å². The molecule has 1 N–H and O–H groups in total. The largest absolute Gasteiger partial charge is 0.339 e. The van der Waals surface area contributed by atoms with Gasteiger partial charge in [0.05, 0.1) is 10.7 Å². The number of anilines is 1. The highest BCUT2D eigenvalue weighted by Crippen LogP contribution is 2.22. The van der Waals surface area contributed by atoms with E-state index in [1.807, 2.05) is 0 Å². The van der Waals surface area contributed by atoms with Gasteiger partial charge in [0, 0.05) is 23.4 Å². The van der Waals surface area contributed by atoms with Crippen molar-refractivity contribution in [3.05, 3.63) is 64.2 Å². The molecule has 5 nitrogen and oxygen atoms in total. The molecule has 3 aromatic rings. The lowest BCUT2D eigenvalue weighted by molar-refractivity contribution is -0.116. The van der Waals surface area contributed by atoms with Crippen LogP contribution in [0.1, 0.15) is 12.3 Å². The SMILES string of the molecule is O=C(CCc1nc(-c2ccc(Cl)cc2)no1)Nc1cccc(Cl)c1F. The predicted octanol–water partition coefficient (Wildman–Crippen LogP) is 4.75. The molecule has 0 atom stereocenters. The lowest BCUT2D eigenvalue weighted by Gasteiger charge is -2.06. The Hall–Kier alpha value is -2.44. The highest BCUT2D eigenvalue weighted by molar-refractivity contribution is 6.31. The molecule has 3 rings (SSSR count). The molecule has 0 aliphatic heterocycles. The monoisotopic (exact) mass is 379 g/mol. The third kappa shape index (κ3) is 4.35. The zero-order valence-corrected chi connectivity index (χ0v) is 14.3. The van der Waals surface area contributed by atoms with E-state index < -0.39 is 5.82 Å². The number of carbonyl (C=O) groups excluding carboxylic acids is 1. The Morgan fingerprint density at radius 3 is 2.68 bits per heavy atom. The molecule has 0 saturated carbocycles. The molecule has 2 aromatic carbocycles. The number of aryl methyl sites for hydroxylation is 1. The number of rotatable bonds is 5. The lowest BCUT2D eigenvalue weighted by Crippen LogP contribution is -2.13. The summed E-state index contributed by atoms with van der Waals surface area (Å²) in [7, 11) is 0. The summed E-state index contributed by atoms with van der Waals surface area (Å²) in [6.45, 7) is 0. The van der Waals surface area contributed by atoms with Crippen molar-refractivity contribution in [3.8, 4) is 11.4 Å². The van der Waals surface area contributed by atoms with E-state index in [9.17, 15) is 9.18 Å². The molecule has 0 spiro atoms. The molecule has 0 unspecified atom stereocenters. The molecule has 0 aliphatic carbocycles. The zero-order valence-electron chi connectivity index (χ0n) is 12.8. The second kappa shape index (κ2) is 7.63. The van der Waals surface area contributed by atoms with E-state index in [-0.39, 0.29) is 29.5 Å². The van der Waals surface area contributed by atoms with Crippen LogP contribution in [0.15, 0.2) is 47.0 Å². The number of halogens is 3. The smallest absolute Gasteiger partial charge is 0.227 e. The molecule has 0 aliphatic rings. The number of nitrogens with zero attached hydrogens (tertiary/aromatic N) is 2. The number of hydrogen-bond donors (Lipinski definition) is 1. The zero-order chi connectivity index (χ0) is 17.8. The molecule has 128 valence electrons. The highest BCUT2D eigenvalue weighted by atomic mass is 35.5. The van der Waals surface area contributed by atoms with Gasteiger partial charge in [-0.15, -0.1) is 0 Å². The number of aromatic nitrogens is 2. The van der Waals surface area contributed by atoms with Crippen LogP contribution in [0.2, 0.25) is 10.0 Å². The van der Waals surface area contributed by atoms with Gasteiger partial charge in [-0.25, -0.2) is 4.39 Å². The molecule has 0 bridgehead atoms. The van der Waals surface area contributed by atoms with Gasteiger partial charge in [-0.2, -0.15) is 4.98 Å². The third-order valence-corrected chi connectivity index (χ3v) is 3.91. The molecule has 1 amide bonds. The fraction of sp³-hybridized carbons (Fsp3) is 0.118. The van der Waals surface area contributed by atoms with E-state index in [4.69, 9.17) is 27.7 Å². The van der Waals surface area contributed by atoms with Crippen molar-refractivity contribution in [1.82, 2.24) is 10.1 Å². The van der Waals surface area contributed by atoms with E-state index in [1.165, 1.54) is 12.1 Å². The van der Waals surface area contributed by atoms with E-state index in [1.54, 1.807) is 30.3 Å². The summed E-state index contributed by atoms with van der Waals surface area (Å²) in [5.74, 6) is -0.327. The number of carbonyl (C=O) groups is 1. The molecule has 8 heteroatoms. The van der Waals surface area contributed by atoms with Gasteiger partial charge in [-0.1, -0.05) is 34.4 Å². The van der Waals surface area contributed by atoms with Gasteiger partial charge in [0.1, 0.15) is 0 Å². The van der Waals surface area contributed by atoms with Crippen LogP contribution in [0.5, 0.6) is 0 Å². The van der Waals surface area contributed by atoms with Gasteiger partial charge >= 0.3 is 0 Å². The van der Waals surface area contributed by atoms with E-state index in [2.05, 4.69) is 15.5 Å². The van der Waals surface area contributed by atoms with Crippen LogP contribution in [-0.2, 0) is 11.2 Å². The number of nitrogens with one attached hydrogen (secondary N) is 1. The maximum atomic E-state index is 13.7. The van der Waals surface area contributed by atoms with E-state index >= 15 is 0 Å². The van der Waals surface area contributed by atoms with E-state index in [0.717, 1.165) is 5.56 Å². The van der Waals surface area contributed by atoms with Crippen molar-refractivity contribution >= 4 is 34.8 Å². The van der Waals surface area contributed by atoms with Crippen LogP contribution in [0.3, 0.4) is 0 Å². The van der Waals surface area contributed by atoms with Crippen molar-refractivity contribution in [2.24, 2.45) is 0 Å². The van der Waals surface area contributed by atoms with Crippen molar-refractivity contribution < 1.29 is 13.7 Å². The Labute approximate surface area is 152 Å². The third-order valence-electron chi connectivity index (χ3n) is 3.36. The fourth-order valence-electron chi connectivity index (χ4n) is 2.11. The Morgan fingerprint density at radius 1 is 1.16 bits per heavy atom. The summed E-state index contributed by atoms with van der Waals surface area (Å²) in [6, 6.07) is 11.4. The first kappa shape index (κ1) is 17.4. The van der Waals surface area contributed by atoms with Gasteiger partial charge in [0.15, 0.2) is 5.82 Å². The van der Waals surface area contributed by atoms with Crippen molar-refractivity contribution in [1.29, 1.82) is 0 Å². The Kier molecular flexibility index (Phi) is 5.31. The van der Waals surface area contributed by atoms with Crippen molar-refractivity contribution in [2.45, 2.75) is 12.8 Å². The Bertz CT molecular complexity index is 897. The minimum absolute atomic E-state index is 0.0323. The van der Waals surface area contributed by atoms with Crippen LogP contribution < -0.4 is 5.32 Å². The summed E-state index contributed by atoms with van der Waals surface area (Å²) in [6.07, 6.45) is 0.294. The molecule has 1 aromatic heterocycles. The molecule has 0 fully saturated rings. The number of amides is 1. The first-order valence-corrected chi connectivity index (χ1v) is 8.11. The molecular formula is C17H12Cl2FN3O2. The Balaban J connectivity index is 1.59. The summed E-state index contributed by atoms with van der Waals surface area (Å²) in [5, 5.41) is 6.88. The molecule has 0 saturated heterocycles. The predicted molar refractivity (Wildman–Crippen MR) is 93.1 cm³/mol. The van der Waals surface area contributed by atoms with Crippen LogP contribution >= 0.6 is 23.2 Å². The van der Waals surface area contributed by atoms with Crippen LogP contribution in [0.25, 0.3) is 11.4 Å². The minimum Gasteiger partial charge on any atom is -0.339 e. The van der Waals surface area contributed by atoms with Gasteiger partial charge in [0.2, 0.25) is 17.6 Å². The first-order valence-electron chi connectivity index (χ1n) is 7.35. The van der Waals surface area contributed by atoms with Crippen LogP contribution in [0.4, 0.5) is 10.1 Å². The lowest BCUT2D eigenvalue weighted by atomic mass is 10.2. The van der Waals surface area contributed by atoms with Gasteiger partial charge in [0.25, 0.3) is 0 Å². The topological polar surface area (TPSA) is 68.0 Å². The van der Waals surface area contributed by atoms with Crippen molar-refractivity contribution in [2.75, 3.05) is 5.32 Å². The summed E-state index contributed by atoms with van der Waals surface area (Å²) in [5.41, 5.74) is 0.787. The van der Waals surface area contributed by atoms with Gasteiger partial charge in [-0.3, -0.25) is 4.79 Å². The van der Waals surface area contributed by atoms with Gasteiger partial charge in [-0.05, 0) is 36.4 Å². The second-order valence-electron chi connectivity index (χ2n) is 5.17. The summed E-state index contributed by atoms with van der Waals surface area (Å²) >= 11 is 11.5. The summed E-state index contributed by atoms with van der Waals surface area (Å²) in [4.78, 5) is 16.2. The standard InChI is InChI=1S/C17H12Cl2FN3O2/c18-11-6-4-10(5-7-11)17-22-15(25-23-17)9-8-14(24)21-13-3-1-2-12(19)16(13)20/h1-7H,8-9H2,(H,21,24). The van der Waals surface area contributed by atoms with Crippen molar-refractivity contribution in [3.63, 3.8) is 0 Å². The quantitative estimate of drug-likeness (QED) is 0.694. The maximum absolute atomic E-state index is 13.7. The molecule has 0 radical (unpaired) electrons. The highest BCUT2D eigenvalue weighted by Gasteiger charge is 2.13. The fourth-order valence-corrected chi connectivity index (χ4v) is 2.41. The van der Waals surface area contributed by atoms with Crippen LogP contribution in [0, 0.1) is 5.82 Å². The molecule has 25 heavy (non-hydrogen) atoms. The Morgan fingerprint density at radius 2 is 1.92 bits per heavy atom. The van der Waals surface area contributed by atoms with Gasteiger partial charge < -0.3 is 9.84 Å². The number of benzene rings is 2. The second-order valence-corrected chi connectivity index (χ2v) is 6.01. The first-order chi connectivity index (χ1) is 12.0. The molecule has 1 heterocycles. The normalized spacial score (nSPS) is 10.7.